The molecule has 0 aliphatic carbocycles. The fourth-order valence-corrected chi connectivity index (χ4v) is 2.05. The zero-order valence-corrected chi connectivity index (χ0v) is 12.4. The van der Waals surface area contributed by atoms with Gasteiger partial charge in [0, 0.05) is 5.56 Å². The van der Waals surface area contributed by atoms with E-state index in [1.165, 1.54) is 6.07 Å². The molecule has 0 spiro atoms. The highest BCUT2D eigenvalue weighted by atomic mass is 19.1. The number of ether oxygens (including phenoxy) is 2. The highest BCUT2D eigenvalue weighted by Crippen LogP contribution is 2.26. The molecular weight excluding hydrogens is 271 g/mol. The molecule has 1 atom stereocenters. The van der Waals surface area contributed by atoms with E-state index in [0.29, 0.717) is 5.75 Å². The molecule has 3 nitrogen and oxygen atoms in total. The number of methoxy groups -OCH3 is 1. The summed E-state index contributed by atoms with van der Waals surface area (Å²) in [4.78, 5) is 0. The van der Waals surface area contributed by atoms with Crippen molar-refractivity contribution < 1.29 is 19.0 Å². The lowest BCUT2D eigenvalue weighted by atomic mass is 10.1. The molecule has 0 aliphatic rings. The Morgan fingerprint density at radius 1 is 1.14 bits per heavy atom. The SMILES string of the molecule is COc1ccc(C(C)O)cc1COc1cc(C)ccc1F. The number of aryl methyl sites for hydroxylation is 1. The van der Waals surface area contributed by atoms with Crippen LogP contribution in [0.2, 0.25) is 0 Å². The van der Waals surface area contributed by atoms with Gasteiger partial charge in [0.2, 0.25) is 0 Å². The third-order valence-corrected chi connectivity index (χ3v) is 3.26. The molecule has 0 fully saturated rings. The molecule has 0 aliphatic heterocycles. The van der Waals surface area contributed by atoms with Gasteiger partial charge in [0.15, 0.2) is 11.6 Å². The first-order valence-electron chi connectivity index (χ1n) is 6.75. The second kappa shape index (κ2) is 6.59. The van der Waals surface area contributed by atoms with Crippen molar-refractivity contribution in [3.63, 3.8) is 0 Å². The summed E-state index contributed by atoms with van der Waals surface area (Å²) in [7, 11) is 1.56. The Balaban J connectivity index is 2.22. The van der Waals surface area contributed by atoms with Crippen molar-refractivity contribution in [2.75, 3.05) is 7.11 Å². The van der Waals surface area contributed by atoms with Gasteiger partial charge in [-0.15, -0.1) is 0 Å². The van der Waals surface area contributed by atoms with Crippen molar-refractivity contribution in [3.8, 4) is 11.5 Å². The van der Waals surface area contributed by atoms with Gasteiger partial charge < -0.3 is 14.6 Å². The van der Waals surface area contributed by atoms with Crippen LogP contribution in [0.15, 0.2) is 36.4 Å². The molecule has 21 heavy (non-hydrogen) atoms. The van der Waals surface area contributed by atoms with E-state index in [1.54, 1.807) is 44.4 Å². The van der Waals surface area contributed by atoms with Crippen molar-refractivity contribution in [1.82, 2.24) is 0 Å². The third-order valence-electron chi connectivity index (χ3n) is 3.26. The Bertz CT molecular complexity index is 623. The molecule has 4 heteroatoms. The van der Waals surface area contributed by atoms with Crippen LogP contribution in [0.5, 0.6) is 11.5 Å². The van der Waals surface area contributed by atoms with Gasteiger partial charge in [-0.2, -0.15) is 0 Å². The van der Waals surface area contributed by atoms with Crippen LogP contribution < -0.4 is 9.47 Å². The zero-order valence-electron chi connectivity index (χ0n) is 12.4. The first-order chi connectivity index (χ1) is 10.0. The van der Waals surface area contributed by atoms with Gasteiger partial charge in [-0.1, -0.05) is 12.1 Å². The monoisotopic (exact) mass is 290 g/mol. The van der Waals surface area contributed by atoms with E-state index < -0.39 is 11.9 Å². The number of rotatable bonds is 5. The van der Waals surface area contributed by atoms with Crippen LogP contribution in [0.4, 0.5) is 4.39 Å². The van der Waals surface area contributed by atoms with Crippen molar-refractivity contribution >= 4 is 0 Å². The summed E-state index contributed by atoms with van der Waals surface area (Å²) in [6.07, 6.45) is -0.578. The summed E-state index contributed by atoms with van der Waals surface area (Å²) in [6.45, 7) is 3.73. The minimum absolute atomic E-state index is 0.171. The summed E-state index contributed by atoms with van der Waals surface area (Å²) < 4.78 is 24.5. The van der Waals surface area contributed by atoms with Gasteiger partial charge in [-0.3, -0.25) is 0 Å². The predicted octanol–water partition coefficient (Wildman–Crippen LogP) is 3.78. The van der Waals surface area contributed by atoms with Crippen molar-refractivity contribution in [3.05, 3.63) is 58.9 Å². The first-order valence-corrected chi connectivity index (χ1v) is 6.75. The Morgan fingerprint density at radius 3 is 2.57 bits per heavy atom. The average Bonchev–Trinajstić information content (AvgIpc) is 2.47. The Morgan fingerprint density at radius 2 is 1.90 bits per heavy atom. The largest absolute Gasteiger partial charge is 0.496 e. The van der Waals surface area contributed by atoms with E-state index in [2.05, 4.69) is 0 Å². The molecule has 0 saturated heterocycles. The highest BCUT2D eigenvalue weighted by Gasteiger charge is 2.10. The number of aliphatic hydroxyl groups excluding tert-OH is 1. The van der Waals surface area contributed by atoms with Crippen LogP contribution in [-0.2, 0) is 6.61 Å². The average molecular weight is 290 g/mol. The zero-order chi connectivity index (χ0) is 15.4. The van der Waals surface area contributed by atoms with E-state index in [4.69, 9.17) is 9.47 Å². The lowest BCUT2D eigenvalue weighted by Gasteiger charge is -2.14. The summed E-state index contributed by atoms with van der Waals surface area (Å²) in [5.41, 5.74) is 2.45. The van der Waals surface area contributed by atoms with E-state index in [0.717, 1.165) is 16.7 Å². The standard InChI is InChI=1S/C17H19FO3/c1-11-4-6-15(18)17(8-11)21-10-14-9-13(12(2)19)5-7-16(14)20-3/h4-9,12,19H,10H2,1-3H3. The van der Waals surface area contributed by atoms with Gasteiger partial charge in [0.1, 0.15) is 12.4 Å². The maximum atomic E-state index is 13.7. The Kier molecular flexibility index (Phi) is 4.81. The Hall–Kier alpha value is -2.07. The highest BCUT2D eigenvalue weighted by molar-refractivity contribution is 5.38. The topological polar surface area (TPSA) is 38.7 Å². The lowest BCUT2D eigenvalue weighted by Crippen LogP contribution is -2.02. The first kappa shape index (κ1) is 15.3. The van der Waals surface area contributed by atoms with E-state index >= 15 is 0 Å². The molecule has 1 unspecified atom stereocenters. The smallest absolute Gasteiger partial charge is 0.165 e. The molecule has 0 amide bonds. The Labute approximate surface area is 124 Å². The normalized spacial score (nSPS) is 12.0. The number of hydrogen-bond acceptors (Lipinski definition) is 3. The summed E-state index contributed by atoms with van der Waals surface area (Å²) >= 11 is 0. The molecule has 2 aromatic rings. The summed E-state index contributed by atoms with van der Waals surface area (Å²) in [5, 5.41) is 9.64. The van der Waals surface area contributed by atoms with Crippen molar-refractivity contribution in [2.24, 2.45) is 0 Å². The van der Waals surface area contributed by atoms with Gasteiger partial charge >= 0.3 is 0 Å². The molecule has 0 aromatic heterocycles. The predicted molar refractivity (Wildman–Crippen MR) is 79.1 cm³/mol. The molecule has 2 aromatic carbocycles. The van der Waals surface area contributed by atoms with Crippen LogP contribution in [0, 0.1) is 12.7 Å². The van der Waals surface area contributed by atoms with Crippen LogP contribution in [-0.4, -0.2) is 12.2 Å². The summed E-state index contributed by atoms with van der Waals surface area (Å²) in [5.74, 6) is 0.457. The van der Waals surface area contributed by atoms with Crippen LogP contribution in [0.3, 0.4) is 0 Å². The van der Waals surface area contributed by atoms with Crippen LogP contribution in [0.1, 0.15) is 29.7 Å². The van der Waals surface area contributed by atoms with Gasteiger partial charge in [-0.05, 0) is 49.2 Å². The molecule has 0 bridgehead atoms. The van der Waals surface area contributed by atoms with E-state index in [1.807, 2.05) is 6.92 Å². The van der Waals surface area contributed by atoms with Gasteiger partial charge in [-0.25, -0.2) is 4.39 Å². The van der Waals surface area contributed by atoms with Crippen molar-refractivity contribution in [2.45, 2.75) is 26.6 Å². The van der Waals surface area contributed by atoms with E-state index in [9.17, 15) is 9.50 Å². The number of hydrogen-bond donors (Lipinski definition) is 1. The van der Waals surface area contributed by atoms with Crippen LogP contribution >= 0.6 is 0 Å². The van der Waals surface area contributed by atoms with Crippen molar-refractivity contribution in [1.29, 1.82) is 0 Å². The maximum absolute atomic E-state index is 13.7. The van der Waals surface area contributed by atoms with Gasteiger partial charge in [0.25, 0.3) is 0 Å². The third kappa shape index (κ3) is 3.73. The molecule has 0 radical (unpaired) electrons. The molecule has 0 heterocycles. The lowest BCUT2D eigenvalue weighted by molar-refractivity contribution is 0.198. The maximum Gasteiger partial charge on any atom is 0.165 e. The minimum atomic E-state index is -0.578. The minimum Gasteiger partial charge on any atom is -0.496 e. The number of benzene rings is 2. The van der Waals surface area contributed by atoms with E-state index in [-0.39, 0.29) is 12.4 Å². The van der Waals surface area contributed by atoms with Gasteiger partial charge in [0.05, 0.1) is 13.2 Å². The fourth-order valence-electron chi connectivity index (χ4n) is 2.05. The molecule has 1 N–H and O–H groups in total. The van der Waals surface area contributed by atoms with Crippen LogP contribution in [0.25, 0.3) is 0 Å². The molecular formula is C17H19FO3. The molecule has 112 valence electrons. The molecule has 0 saturated carbocycles. The second-order valence-electron chi connectivity index (χ2n) is 4.97. The number of aliphatic hydroxyl groups is 1. The number of halogens is 1. The summed E-state index contributed by atoms with van der Waals surface area (Å²) in [6, 6.07) is 10.1. The fraction of sp³-hybridized carbons (Fsp3) is 0.294. The quantitative estimate of drug-likeness (QED) is 0.911. The second-order valence-corrected chi connectivity index (χ2v) is 4.97. The molecule has 2 rings (SSSR count).